The first-order valence-electron chi connectivity index (χ1n) is 7.87. The summed E-state index contributed by atoms with van der Waals surface area (Å²) in [4.78, 5) is 14.2. The minimum Gasteiger partial charge on any atom is -0.348 e. The van der Waals surface area contributed by atoms with E-state index in [2.05, 4.69) is 11.4 Å². The van der Waals surface area contributed by atoms with Gasteiger partial charge in [0.1, 0.15) is 0 Å². The van der Waals surface area contributed by atoms with Crippen LogP contribution in [-0.2, 0) is 4.79 Å². The normalized spacial score (nSPS) is 25.9. The number of halogens is 3. The van der Waals surface area contributed by atoms with Crippen molar-refractivity contribution in [2.45, 2.75) is 31.5 Å². The molecule has 122 valence electrons. The van der Waals surface area contributed by atoms with Crippen LogP contribution in [-0.4, -0.2) is 42.7 Å². The van der Waals surface area contributed by atoms with Crippen molar-refractivity contribution in [1.82, 2.24) is 10.2 Å². The zero-order valence-electron chi connectivity index (χ0n) is 12.5. The summed E-state index contributed by atoms with van der Waals surface area (Å²) in [6.07, 6.45) is 2.72. The van der Waals surface area contributed by atoms with Gasteiger partial charge in [0.2, 0.25) is 0 Å². The second-order valence-corrected chi connectivity index (χ2v) is 6.52. The van der Waals surface area contributed by atoms with Crippen LogP contribution >= 0.6 is 0 Å². The largest absolute Gasteiger partial charge is 0.390 e. The number of fused-ring (bicyclic) bond motifs is 2. The summed E-state index contributed by atoms with van der Waals surface area (Å²) in [6, 6.07) is -0.0717. The Kier molecular flexibility index (Phi) is 3.27. The molecule has 0 spiro atoms. The minimum atomic E-state index is -4.12. The van der Waals surface area contributed by atoms with Crippen LogP contribution in [0.5, 0.6) is 0 Å². The first kappa shape index (κ1) is 14.8. The number of nitrogens with zero attached hydrogens (tertiary/aromatic N) is 1. The number of allylic oxidation sites excluding steroid dienone is 6. The lowest BCUT2D eigenvalue weighted by atomic mass is 10.0. The molecule has 1 amide bonds. The van der Waals surface area contributed by atoms with Crippen molar-refractivity contribution in [2.24, 2.45) is 0 Å². The van der Waals surface area contributed by atoms with E-state index in [0.717, 1.165) is 12.0 Å². The molecule has 3 aliphatic carbocycles. The number of carbonyl (C=O) groups excluding carboxylic acids is 1. The monoisotopic (exact) mass is 322 g/mol. The Balaban J connectivity index is 1.29. The number of alkyl halides is 3. The van der Waals surface area contributed by atoms with Crippen molar-refractivity contribution in [3.05, 3.63) is 46.1 Å². The fraction of sp³-hybridized carbons (Fsp3) is 0.471. The Bertz CT molecular complexity index is 697. The number of hydrogen-bond acceptors (Lipinski definition) is 2. The van der Waals surface area contributed by atoms with Crippen LogP contribution in [0.2, 0.25) is 0 Å². The molecule has 3 nitrogen and oxygen atoms in total. The van der Waals surface area contributed by atoms with Gasteiger partial charge >= 0.3 is 6.18 Å². The highest BCUT2D eigenvalue weighted by atomic mass is 19.4. The Labute approximate surface area is 132 Å². The molecule has 6 heteroatoms. The van der Waals surface area contributed by atoms with Crippen LogP contribution in [0.15, 0.2) is 46.1 Å². The minimum absolute atomic E-state index is 0.00602. The summed E-state index contributed by atoms with van der Waals surface area (Å²) < 4.78 is 36.8. The molecule has 0 aromatic rings. The van der Waals surface area contributed by atoms with Gasteiger partial charge in [-0.15, -0.1) is 0 Å². The van der Waals surface area contributed by atoms with Crippen molar-refractivity contribution >= 4 is 5.91 Å². The molecule has 1 N–H and O–H groups in total. The van der Waals surface area contributed by atoms with E-state index in [0.29, 0.717) is 25.1 Å². The second-order valence-electron chi connectivity index (χ2n) is 6.52. The Morgan fingerprint density at radius 1 is 1.30 bits per heavy atom. The topological polar surface area (TPSA) is 32.3 Å². The number of amides is 1. The SMILES string of the molecule is O=C(N[C@H]1CCN(CCC(F)(F)F)C1)C1=CC=C2C1=CC1=C2C1. The maximum absolute atomic E-state index is 12.4. The Morgan fingerprint density at radius 3 is 2.91 bits per heavy atom. The van der Waals surface area contributed by atoms with Crippen LogP contribution in [0.25, 0.3) is 0 Å². The summed E-state index contributed by atoms with van der Waals surface area (Å²) in [5.74, 6) is -0.118. The third-order valence-corrected chi connectivity index (χ3v) is 4.83. The van der Waals surface area contributed by atoms with Crippen molar-refractivity contribution < 1.29 is 18.0 Å². The molecule has 1 atom stereocenters. The third-order valence-electron chi connectivity index (χ3n) is 4.83. The van der Waals surface area contributed by atoms with Gasteiger partial charge in [-0.2, -0.15) is 13.2 Å². The molecule has 0 saturated carbocycles. The van der Waals surface area contributed by atoms with Crippen LogP contribution in [0.4, 0.5) is 13.2 Å². The van der Waals surface area contributed by atoms with Gasteiger partial charge in [-0.1, -0.05) is 6.08 Å². The first-order valence-corrected chi connectivity index (χ1v) is 7.87. The molecule has 0 unspecified atom stereocenters. The molecule has 1 heterocycles. The van der Waals surface area contributed by atoms with Crippen LogP contribution in [0.3, 0.4) is 0 Å². The smallest absolute Gasteiger partial charge is 0.348 e. The first-order chi connectivity index (χ1) is 10.9. The van der Waals surface area contributed by atoms with Crippen LogP contribution in [0.1, 0.15) is 19.3 Å². The van der Waals surface area contributed by atoms with Crippen LogP contribution < -0.4 is 5.32 Å². The molecule has 4 aliphatic rings. The fourth-order valence-electron chi connectivity index (χ4n) is 3.54. The van der Waals surface area contributed by atoms with Gasteiger partial charge in [0.25, 0.3) is 5.91 Å². The molecular formula is C17H17F3N2O. The summed E-state index contributed by atoms with van der Waals surface area (Å²) in [7, 11) is 0. The number of nitrogens with one attached hydrogen (secondary N) is 1. The Hall–Kier alpha value is -1.82. The molecule has 0 bridgehead atoms. The lowest BCUT2D eigenvalue weighted by Gasteiger charge is -2.18. The molecule has 4 rings (SSSR count). The van der Waals surface area contributed by atoms with Crippen molar-refractivity contribution in [2.75, 3.05) is 19.6 Å². The second kappa shape index (κ2) is 5.09. The third kappa shape index (κ3) is 2.87. The molecule has 0 radical (unpaired) electrons. The van der Waals surface area contributed by atoms with Gasteiger partial charge in [0, 0.05) is 31.2 Å². The van der Waals surface area contributed by atoms with E-state index in [1.165, 1.54) is 16.7 Å². The zero-order chi connectivity index (χ0) is 16.2. The summed E-state index contributed by atoms with van der Waals surface area (Å²) in [6.45, 7) is 1.09. The van der Waals surface area contributed by atoms with Gasteiger partial charge in [0.05, 0.1) is 6.42 Å². The predicted molar refractivity (Wildman–Crippen MR) is 79.6 cm³/mol. The molecule has 0 aromatic carbocycles. The number of hydrogen-bond donors (Lipinski definition) is 1. The molecule has 0 aromatic heterocycles. The highest BCUT2D eigenvalue weighted by Gasteiger charge is 2.37. The molecule has 1 fully saturated rings. The van der Waals surface area contributed by atoms with Gasteiger partial charge in [-0.3, -0.25) is 4.79 Å². The maximum Gasteiger partial charge on any atom is 0.390 e. The molecule has 23 heavy (non-hydrogen) atoms. The quantitative estimate of drug-likeness (QED) is 0.863. The van der Waals surface area contributed by atoms with Gasteiger partial charge in [0.15, 0.2) is 0 Å². The number of likely N-dealkylation sites (tertiary alicyclic amines) is 1. The van der Waals surface area contributed by atoms with Crippen LogP contribution in [0, 0.1) is 0 Å². The predicted octanol–water partition coefficient (Wildman–Crippen LogP) is 2.64. The number of rotatable bonds is 4. The molecular weight excluding hydrogens is 305 g/mol. The van der Waals surface area contributed by atoms with Crippen molar-refractivity contribution in [3.63, 3.8) is 0 Å². The summed E-state index contributed by atoms with van der Waals surface area (Å²) in [5, 5.41) is 2.97. The number of carbonyl (C=O) groups is 1. The summed E-state index contributed by atoms with van der Waals surface area (Å²) >= 11 is 0. The average Bonchev–Trinajstić information content (AvgIpc) is 2.86. The fourth-order valence-corrected chi connectivity index (χ4v) is 3.54. The van der Waals surface area contributed by atoms with E-state index in [-0.39, 0.29) is 18.5 Å². The van der Waals surface area contributed by atoms with E-state index in [1.807, 2.05) is 12.2 Å². The van der Waals surface area contributed by atoms with Crippen molar-refractivity contribution in [3.8, 4) is 0 Å². The lowest BCUT2D eigenvalue weighted by molar-refractivity contribution is -0.137. The van der Waals surface area contributed by atoms with Gasteiger partial charge in [-0.25, -0.2) is 0 Å². The van der Waals surface area contributed by atoms with E-state index in [4.69, 9.17) is 0 Å². The average molecular weight is 322 g/mol. The van der Waals surface area contributed by atoms with Crippen molar-refractivity contribution in [1.29, 1.82) is 0 Å². The van der Waals surface area contributed by atoms with Gasteiger partial charge < -0.3 is 10.2 Å². The summed E-state index contributed by atoms with van der Waals surface area (Å²) in [5.41, 5.74) is 5.53. The van der Waals surface area contributed by atoms with E-state index in [9.17, 15) is 18.0 Å². The highest BCUT2D eigenvalue weighted by Crippen LogP contribution is 2.51. The Morgan fingerprint density at radius 2 is 2.13 bits per heavy atom. The standard InChI is InChI=1S/C17H17F3N2O/c18-17(19,20)4-6-22-5-3-11(9-22)21-16(23)13-2-1-12-14-7-10(14)8-15(12)13/h1-2,8,11H,3-7,9H2,(H,21,23)/t11-/m0/s1. The van der Waals surface area contributed by atoms with E-state index >= 15 is 0 Å². The molecule has 1 saturated heterocycles. The van der Waals surface area contributed by atoms with E-state index < -0.39 is 12.6 Å². The zero-order valence-corrected chi connectivity index (χ0v) is 12.5. The lowest BCUT2D eigenvalue weighted by Crippen LogP contribution is -2.38. The molecule has 1 aliphatic heterocycles. The van der Waals surface area contributed by atoms with Gasteiger partial charge in [-0.05, 0) is 47.3 Å². The highest BCUT2D eigenvalue weighted by molar-refractivity contribution is 6.03. The van der Waals surface area contributed by atoms with E-state index in [1.54, 1.807) is 4.90 Å². The maximum atomic E-state index is 12.4.